The summed E-state index contributed by atoms with van der Waals surface area (Å²) in [7, 11) is 0. The highest BCUT2D eigenvalue weighted by atomic mass is 16.6. The van der Waals surface area contributed by atoms with Crippen molar-refractivity contribution in [3.8, 4) is 0 Å². The van der Waals surface area contributed by atoms with E-state index in [1.807, 2.05) is 6.92 Å². The molecule has 0 aliphatic heterocycles. The van der Waals surface area contributed by atoms with E-state index in [1.165, 1.54) is 32.1 Å². The molecule has 4 saturated carbocycles. The van der Waals surface area contributed by atoms with Crippen LogP contribution in [0.15, 0.2) is 0 Å². The van der Waals surface area contributed by atoms with Crippen LogP contribution in [0.5, 0.6) is 0 Å². The zero-order valence-corrected chi connectivity index (χ0v) is 14.5. The maximum Gasteiger partial charge on any atom is 0.309 e. The molecule has 8 unspecified atom stereocenters. The quantitative estimate of drug-likeness (QED) is 0.538. The summed E-state index contributed by atoms with van der Waals surface area (Å²) in [5.74, 6) is 5.56. The van der Waals surface area contributed by atoms with Gasteiger partial charge in [0.25, 0.3) is 0 Å². The van der Waals surface area contributed by atoms with Crippen LogP contribution in [0.3, 0.4) is 0 Å². The molecule has 8 atom stereocenters. The third kappa shape index (κ3) is 1.94. The first-order chi connectivity index (χ1) is 10.6. The van der Waals surface area contributed by atoms with Gasteiger partial charge < -0.3 is 4.74 Å². The van der Waals surface area contributed by atoms with E-state index < -0.39 is 0 Å². The molecule has 4 bridgehead atoms. The smallest absolute Gasteiger partial charge is 0.309 e. The lowest BCUT2D eigenvalue weighted by molar-refractivity contribution is -0.177. The highest BCUT2D eigenvalue weighted by molar-refractivity contribution is 5.72. The lowest BCUT2D eigenvalue weighted by Gasteiger charge is -2.46. The van der Waals surface area contributed by atoms with Gasteiger partial charge in [-0.15, -0.1) is 0 Å². The highest BCUT2D eigenvalue weighted by Gasteiger charge is 2.67. The molecular formula is C20H32O2. The van der Waals surface area contributed by atoms with Crippen LogP contribution in [0.1, 0.15) is 72.1 Å². The number of carbonyl (C=O) groups excluding carboxylic acids is 1. The van der Waals surface area contributed by atoms with Gasteiger partial charge in [0.2, 0.25) is 0 Å². The van der Waals surface area contributed by atoms with Crippen molar-refractivity contribution in [2.24, 2.45) is 41.4 Å². The molecule has 0 amide bonds. The van der Waals surface area contributed by atoms with Crippen LogP contribution in [0, 0.1) is 41.4 Å². The molecule has 4 aliphatic carbocycles. The van der Waals surface area contributed by atoms with Crippen LogP contribution >= 0.6 is 0 Å². The lowest BCUT2D eigenvalue weighted by atomic mass is 9.64. The van der Waals surface area contributed by atoms with Gasteiger partial charge in [0.15, 0.2) is 0 Å². The number of ether oxygens (including phenoxy) is 1. The molecule has 0 heterocycles. The fraction of sp³-hybridized carbons (Fsp3) is 0.950. The molecule has 0 radical (unpaired) electrons. The van der Waals surface area contributed by atoms with Crippen LogP contribution < -0.4 is 0 Å². The summed E-state index contributed by atoms with van der Waals surface area (Å²) in [6, 6.07) is 0. The number of hydrogen-bond acceptors (Lipinski definition) is 2. The fourth-order valence-corrected chi connectivity index (χ4v) is 7.04. The third-order valence-electron chi connectivity index (χ3n) is 7.89. The van der Waals surface area contributed by atoms with Crippen LogP contribution in [0.25, 0.3) is 0 Å². The van der Waals surface area contributed by atoms with E-state index in [0.29, 0.717) is 5.92 Å². The van der Waals surface area contributed by atoms with Crippen LogP contribution in [-0.2, 0) is 9.53 Å². The summed E-state index contributed by atoms with van der Waals surface area (Å²) in [5.41, 5.74) is -0.0917. The Morgan fingerprint density at radius 2 is 1.86 bits per heavy atom. The number of fused-ring (bicyclic) bond motifs is 9. The summed E-state index contributed by atoms with van der Waals surface area (Å²) in [6.45, 7) is 6.36. The van der Waals surface area contributed by atoms with Crippen LogP contribution in [0.2, 0.25) is 0 Å². The minimum atomic E-state index is -0.0917. The molecule has 22 heavy (non-hydrogen) atoms. The van der Waals surface area contributed by atoms with Crippen molar-refractivity contribution in [3.05, 3.63) is 0 Å². The molecule has 2 heteroatoms. The molecule has 0 aromatic carbocycles. The molecule has 0 saturated heterocycles. The fourth-order valence-electron chi connectivity index (χ4n) is 7.04. The first-order valence-electron chi connectivity index (χ1n) is 9.82. The standard InChI is InChI=1S/C20H32O2/c1-4-8-20(22-19(21)12(3)5-2)11-15-10-16(20)18-14-7-6-13(9-14)17(15)18/h12-18H,4-11H2,1-3H3. The van der Waals surface area contributed by atoms with E-state index in [2.05, 4.69) is 13.8 Å². The van der Waals surface area contributed by atoms with Gasteiger partial charge >= 0.3 is 5.97 Å². The monoisotopic (exact) mass is 304 g/mol. The van der Waals surface area contributed by atoms with Crippen molar-refractivity contribution >= 4 is 5.97 Å². The molecule has 4 aliphatic rings. The zero-order chi connectivity index (χ0) is 15.5. The van der Waals surface area contributed by atoms with Gasteiger partial charge in [0, 0.05) is 5.92 Å². The minimum absolute atomic E-state index is 0.0590. The van der Waals surface area contributed by atoms with E-state index in [0.717, 1.165) is 48.9 Å². The third-order valence-corrected chi connectivity index (χ3v) is 7.89. The predicted octanol–water partition coefficient (Wildman–Crippen LogP) is 4.82. The van der Waals surface area contributed by atoms with Gasteiger partial charge in [-0.1, -0.05) is 27.2 Å². The molecule has 4 rings (SSSR count). The number of esters is 1. The Morgan fingerprint density at radius 1 is 1.14 bits per heavy atom. The van der Waals surface area contributed by atoms with E-state index in [1.54, 1.807) is 0 Å². The van der Waals surface area contributed by atoms with Crippen molar-refractivity contribution < 1.29 is 9.53 Å². The summed E-state index contributed by atoms with van der Waals surface area (Å²) >= 11 is 0. The van der Waals surface area contributed by atoms with Gasteiger partial charge in [-0.3, -0.25) is 4.79 Å². The van der Waals surface area contributed by atoms with Gasteiger partial charge in [-0.25, -0.2) is 0 Å². The van der Waals surface area contributed by atoms with Gasteiger partial charge in [-0.05, 0) is 74.5 Å². The Kier molecular flexibility index (Phi) is 3.58. The van der Waals surface area contributed by atoms with E-state index in [9.17, 15) is 4.79 Å². The molecule has 4 fully saturated rings. The number of carbonyl (C=O) groups is 1. The normalized spacial score (nSPS) is 49.4. The van der Waals surface area contributed by atoms with E-state index in [-0.39, 0.29) is 17.5 Å². The maximum atomic E-state index is 12.5. The first kappa shape index (κ1) is 15.0. The predicted molar refractivity (Wildman–Crippen MR) is 87.2 cm³/mol. The Labute approximate surface area is 135 Å². The van der Waals surface area contributed by atoms with Crippen molar-refractivity contribution in [1.82, 2.24) is 0 Å². The second-order valence-corrected chi connectivity index (χ2v) is 8.84. The largest absolute Gasteiger partial charge is 0.459 e. The van der Waals surface area contributed by atoms with Crippen molar-refractivity contribution in [3.63, 3.8) is 0 Å². The van der Waals surface area contributed by atoms with Crippen molar-refractivity contribution in [2.45, 2.75) is 77.7 Å². The minimum Gasteiger partial charge on any atom is -0.459 e. The average molecular weight is 304 g/mol. The molecule has 0 aromatic heterocycles. The maximum absolute atomic E-state index is 12.5. The summed E-state index contributed by atoms with van der Waals surface area (Å²) < 4.78 is 6.30. The molecular weight excluding hydrogens is 272 g/mol. The van der Waals surface area contributed by atoms with Gasteiger partial charge in [-0.2, -0.15) is 0 Å². The van der Waals surface area contributed by atoms with Crippen LogP contribution in [-0.4, -0.2) is 11.6 Å². The SMILES string of the molecule is CCCC1(OC(=O)C(C)CC)CC2CC1C1C3CCC(C3)C21. The van der Waals surface area contributed by atoms with E-state index in [4.69, 9.17) is 4.74 Å². The molecule has 0 aromatic rings. The van der Waals surface area contributed by atoms with E-state index >= 15 is 0 Å². The summed E-state index contributed by atoms with van der Waals surface area (Å²) in [6.07, 6.45) is 10.1. The number of hydrogen-bond donors (Lipinski definition) is 0. The van der Waals surface area contributed by atoms with Gasteiger partial charge in [0.05, 0.1) is 5.92 Å². The first-order valence-corrected chi connectivity index (χ1v) is 9.82. The lowest BCUT2D eigenvalue weighted by Crippen LogP contribution is -2.48. The molecule has 0 spiro atoms. The van der Waals surface area contributed by atoms with Gasteiger partial charge in [0.1, 0.15) is 5.60 Å². The zero-order valence-electron chi connectivity index (χ0n) is 14.5. The van der Waals surface area contributed by atoms with Crippen LogP contribution in [0.4, 0.5) is 0 Å². The second kappa shape index (κ2) is 5.24. The Hall–Kier alpha value is -0.530. The topological polar surface area (TPSA) is 26.3 Å². The van der Waals surface area contributed by atoms with Crippen molar-refractivity contribution in [1.29, 1.82) is 0 Å². The molecule has 2 nitrogen and oxygen atoms in total. The summed E-state index contributed by atoms with van der Waals surface area (Å²) in [4.78, 5) is 12.5. The Morgan fingerprint density at radius 3 is 2.55 bits per heavy atom. The average Bonchev–Trinajstić information content (AvgIpc) is 3.24. The van der Waals surface area contributed by atoms with Crippen molar-refractivity contribution in [2.75, 3.05) is 0 Å². The number of rotatable bonds is 5. The highest BCUT2D eigenvalue weighted by Crippen LogP contribution is 2.71. The molecule has 0 N–H and O–H groups in total. The Balaban J connectivity index is 1.58. The summed E-state index contributed by atoms with van der Waals surface area (Å²) in [5, 5.41) is 0. The second-order valence-electron chi connectivity index (χ2n) is 8.84. The molecule has 124 valence electrons. The Bertz CT molecular complexity index is 459.